The molecule has 0 atom stereocenters. The van der Waals surface area contributed by atoms with Crippen LogP contribution in [0.15, 0.2) is 0 Å². The molecule has 70 valence electrons. The molecule has 0 aromatic carbocycles. The average Bonchev–Trinajstić information content (AvgIpc) is 1.70. The maximum atomic E-state index is 7.57. The van der Waals surface area contributed by atoms with Gasteiger partial charge in [0.05, 0.1) is 0 Å². The van der Waals surface area contributed by atoms with Gasteiger partial charge >= 0.3 is 18.9 Å². The van der Waals surface area contributed by atoms with Crippen molar-refractivity contribution in [2.24, 2.45) is 0 Å². The van der Waals surface area contributed by atoms with Gasteiger partial charge in [0.1, 0.15) is 0 Å². The molecule has 4 nitrogen and oxygen atoms in total. The van der Waals surface area contributed by atoms with Gasteiger partial charge in [0.15, 0.2) is 0 Å². The van der Waals surface area contributed by atoms with E-state index in [2.05, 4.69) is 0 Å². The van der Waals surface area contributed by atoms with Crippen LogP contribution in [-0.4, -0.2) is 35.1 Å². The molecule has 0 saturated carbocycles. The van der Waals surface area contributed by atoms with E-state index < -0.39 is 0 Å². The van der Waals surface area contributed by atoms with Gasteiger partial charge in [0.2, 0.25) is 0 Å². The first kappa shape index (κ1) is 30.1. The van der Waals surface area contributed by atoms with Crippen molar-refractivity contribution in [1.29, 1.82) is 0 Å². The van der Waals surface area contributed by atoms with Crippen molar-refractivity contribution in [2.75, 3.05) is 19.8 Å². The molecule has 0 aromatic rings. The second kappa shape index (κ2) is 78.7. The number of hydrogen-bond acceptors (Lipinski definition) is 4. The number of hydrogen-bond donors (Lipinski definition) is 4. The van der Waals surface area contributed by atoms with Crippen LogP contribution in [-0.2, 0) is 0 Å². The van der Waals surface area contributed by atoms with Crippen molar-refractivity contribution in [3.05, 3.63) is 0 Å². The monoisotopic (exact) mass is 163 g/mol. The van der Waals surface area contributed by atoms with Crippen LogP contribution in [0.3, 0.4) is 0 Å². The van der Waals surface area contributed by atoms with E-state index in [4.69, 9.17) is 15.3 Å². The Kier molecular flexibility index (Phi) is 215. The molecule has 0 unspecified atom stereocenters. The van der Waals surface area contributed by atoms with Gasteiger partial charge in [-0.1, -0.05) is 0 Å². The first-order valence-corrected chi connectivity index (χ1v) is 3.07. The summed E-state index contributed by atoms with van der Waals surface area (Å²) in [5, 5.41) is 22.7. The average molecular weight is 163 g/mol. The first-order valence-electron chi connectivity index (χ1n) is 3.07. The molecule has 5 heteroatoms. The zero-order chi connectivity index (χ0) is 8.12. The fourth-order valence-corrected chi connectivity index (χ4v) is 0. The molecule has 0 amide bonds. The van der Waals surface area contributed by atoms with Crippen LogP contribution in [0.1, 0.15) is 22.2 Å². The molecule has 0 rings (SSSR count). The van der Waals surface area contributed by atoms with Crippen LogP contribution < -0.4 is 25.0 Å². The summed E-state index contributed by atoms with van der Waals surface area (Å²) < 4.78 is 0. The Morgan fingerprint density at radius 2 is 0.818 bits per heavy atom. The summed E-state index contributed by atoms with van der Waals surface area (Å²) in [6.45, 7) is 5.79. The van der Waals surface area contributed by atoms with Crippen molar-refractivity contribution in [3.8, 4) is 0 Å². The summed E-state index contributed by atoms with van der Waals surface area (Å²) in [4.78, 5) is 0. The van der Waals surface area contributed by atoms with Crippen LogP contribution in [0.5, 0.6) is 0 Å². The fourth-order valence-electron chi connectivity index (χ4n) is 0. The van der Waals surface area contributed by atoms with Crippen LogP contribution in [0.4, 0.5) is 0 Å². The molecular formula is C6H22LiNO3. The van der Waals surface area contributed by atoms with Gasteiger partial charge in [0.25, 0.3) is 0 Å². The van der Waals surface area contributed by atoms with Gasteiger partial charge in [-0.3, -0.25) is 0 Å². The summed E-state index contributed by atoms with van der Waals surface area (Å²) in [6, 6.07) is 0. The van der Waals surface area contributed by atoms with Crippen molar-refractivity contribution >= 4 is 0 Å². The Balaban J connectivity index is -0.00000001000. The molecule has 0 aliphatic rings. The van der Waals surface area contributed by atoms with Gasteiger partial charge in [-0.2, -0.15) is 0 Å². The molecule has 6 N–H and O–H groups in total. The summed E-state index contributed by atoms with van der Waals surface area (Å²) in [5.41, 5.74) is 0. The molecule has 0 fully saturated rings. The Hall–Kier alpha value is 0.437. The van der Waals surface area contributed by atoms with E-state index in [0.29, 0.717) is 0 Å². The minimum atomic E-state index is 0. The molecule has 0 heterocycles. The van der Waals surface area contributed by atoms with Crippen molar-refractivity contribution in [2.45, 2.75) is 20.8 Å². The second-order valence-corrected chi connectivity index (χ2v) is 0.949. The van der Waals surface area contributed by atoms with Crippen LogP contribution in [0.25, 0.3) is 0 Å². The molecule has 0 radical (unpaired) electrons. The summed E-state index contributed by atoms with van der Waals surface area (Å²) >= 11 is 0. The minimum Gasteiger partial charge on any atom is -1.00 e. The van der Waals surface area contributed by atoms with E-state index in [1.165, 1.54) is 0 Å². The normalized spacial score (nSPS) is 4.91. The molecule has 0 spiro atoms. The van der Waals surface area contributed by atoms with Gasteiger partial charge in [-0.15, -0.1) is 0 Å². The van der Waals surface area contributed by atoms with Gasteiger partial charge in [-0.05, 0) is 20.8 Å². The van der Waals surface area contributed by atoms with E-state index in [-0.39, 0.29) is 46.3 Å². The summed E-state index contributed by atoms with van der Waals surface area (Å²) in [5.74, 6) is 0. The van der Waals surface area contributed by atoms with Gasteiger partial charge < -0.3 is 22.9 Å². The maximum absolute atomic E-state index is 7.57. The smallest absolute Gasteiger partial charge is 1.00 e. The van der Waals surface area contributed by atoms with E-state index in [1.54, 1.807) is 20.8 Å². The van der Waals surface area contributed by atoms with Crippen LogP contribution >= 0.6 is 0 Å². The SMILES string of the molecule is CCO.CCO.CCO.N.[H-].[Li+]. The van der Waals surface area contributed by atoms with Crippen molar-refractivity contribution in [3.63, 3.8) is 0 Å². The van der Waals surface area contributed by atoms with Gasteiger partial charge in [-0.25, -0.2) is 0 Å². The summed E-state index contributed by atoms with van der Waals surface area (Å²) in [7, 11) is 0. The predicted octanol–water partition coefficient (Wildman–Crippen LogP) is -2.73. The Morgan fingerprint density at radius 1 is 0.818 bits per heavy atom. The van der Waals surface area contributed by atoms with E-state index in [0.717, 1.165) is 0 Å². The van der Waals surface area contributed by atoms with Gasteiger partial charge in [0, 0.05) is 19.8 Å². The summed E-state index contributed by atoms with van der Waals surface area (Å²) in [6.07, 6.45) is 0. The predicted molar refractivity (Wildman–Crippen MR) is 44.4 cm³/mol. The molecule has 0 aliphatic heterocycles. The third-order valence-corrected chi connectivity index (χ3v) is 0. The number of rotatable bonds is 0. The zero-order valence-electron chi connectivity index (χ0n) is 9.17. The molecule has 0 saturated heterocycles. The Labute approximate surface area is 82.9 Å². The van der Waals surface area contributed by atoms with Crippen molar-refractivity contribution in [1.82, 2.24) is 6.15 Å². The van der Waals surface area contributed by atoms with E-state index in [1.807, 2.05) is 0 Å². The standard InChI is InChI=1S/3C2H6O.Li.H3N.H/c3*1-2-3;;;/h3*3H,2H2,1H3;;1H3;/q;;;+1;;-1. The number of aliphatic hydroxyl groups excluding tert-OH is 3. The Bertz CT molecular complexity index is 27.5. The third kappa shape index (κ3) is 3880. The third-order valence-electron chi connectivity index (χ3n) is 0. The fraction of sp³-hybridized carbons (Fsp3) is 1.00. The first-order chi connectivity index (χ1) is 4.24. The number of aliphatic hydroxyl groups is 3. The largest absolute Gasteiger partial charge is 1.00 e. The molecule has 0 aromatic heterocycles. The molecule has 0 bridgehead atoms. The van der Waals surface area contributed by atoms with E-state index in [9.17, 15) is 0 Å². The topological polar surface area (TPSA) is 95.7 Å². The molecule has 0 aliphatic carbocycles. The minimum absolute atomic E-state index is 0. The maximum Gasteiger partial charge on any atom is 1.00 e. The van der Waals surface area contributed by atoms with Crippen molar-refractivity contribution < 1.29 is 35.6 Å². The molecule has 11 heavy (non-hydrogen) atoms. The Morgan fingerprint density at radius 3 is 0.818 bits per heavy atom. The van der Waals surface area contributed by atoms with E-state index >= 15 is 0 Å². The van der Waals surface area contributed by atoms with Crippen LogP contribution in [0, 0.1) is 0 Å². The second-order valence-electron chi connectivity index (χ2n) is 0.949. The molecular weight excluding hydrogens is 141 g/mol. The zero-order valence-corrected chi connectivity index (χ0v) is 8.17. The quantitative estimate of drug-likeness (QED) is 0.292. The van der Waals surface area contributed by atoms with Crippen LogP contribution in [0.2, 0.25) is 0 Å².